The normalized spacial score (nSPS) is 11.6. The first-order valence-corrected chi connectivity index (χ1v) is 9.82. The molecule has 32 heavy (non-hydrogen) atoms. The van der Waals surface area contributed by atoms with Crippen LogP contribution in [0.4, 0.5) is 29.2 Å². The highest BCUT2D eigenvalue weighted by Gasteiger charge is 2.22. The van der Waals surface area contributed by atoms with Crippen LogP contribution in [0.25, 0.3) is 0 Å². The summed E-state index contributed by atoms with van der Waals surface area (Å²) in [6, 6.07) is 3.94. The molecule has 0 aliphatic carbocycles. The van der Waals surface area contributed by atoms with E-state index < -0.39 is 57.0 Å². The molecule has 13 heteroatoms. The van der Waals surface area contributed by atoms with Gasteiger partial charge in [0.1, 0.15) is 22.1 Å². The Hall–Kier alpha value is -3.56. The number of aromatic nitrogens is 2. The Morgan fingerprint density at radius 3 is 2.41 bits per heavy atom. The standard InChI is InChI=1S/C19H11ClF4N4O3S/c20-10-2-4-13(30-18(23)24)15(5-10)32(29)31-14-6-12(21)11(16(22)17(14)25)3-1-9-7-27-19(26)28-8-9/h2,4-8,18H,25H2,(H2,26,27,28). The molecule has 2 aromatic carbocycles. The van der Waals surface area contributed by atoms with Crippen LogP contribution in [-0.4, -0.2) is 20.8 Å². The summed E-state index contributed by atoms with van der Waals surface area (Å²) < 4.78 is 76.0. The molecule has 1 atom stereocenters. The summed E-state index contributed by atoms with van der Waals surface area (Å²) in [5.41, 5.74) is 9.79. The summed E-state index contributed by atoms with van der Waals surface area (Å²) in [5.74, 6) is 1.08. The van der Waals surface area contributed by atoms with Crippen molar-refractivity contribution in [2.75, 3.05) is 11.5 Å². The molecule has 0 aliphatic rings. The Morgan fingerprint density at radius 1 is 1.06 bits per heavy atom. The first-order chi connectivity index (χ1) is 15.2. The van der Waals surface area contributed by atoms with Gasteiger partial charge in [0.2, 0.25) is 17.0 Å². The first kappa shape index (κ1) is 23.1. The molecule has 0 amide bonds. The third-order valence-corrected chi connectivity index (χ3v) is 4.93. The highest BCUT2D eigenvalue weighted by atomic mass is 35.5. The van der Waals surface area contributed by atoms with E-state index in [9.17, 15) is 21.8 Å². The van der Waals surface area contributed by atoms with Crippen LogP contribution < -0.4 is 20.4 Å². The quantitative estimate of drug-likeness (QED) is 0.321. The van der Waals surface area contributed by atoms with Crippen LogP contribution in [0.5, 0.6) is 11.5 Å². The van der Waals surface area contributed by atoms with Gasteiger partial charge in [-0.05, 0) is 18.2 Å². The van der Waals surface area contributed by atoms with Gasteiger partial charge in [-0.25, -0.2) is 23.0 Å². The van der Waals surface area contributed by atoms with Crippen LogP contribution in [0.1, 0.15) is 11.1 Å². The Labute approximate surface area is 186 Å². The Bertz CT molecular complexity index is 1250. The van der Waals surface area contributed by atoms with Gasteiger partial charge in [0.25, 0.3) is 0 Å². The third-order valence-electron chi connectivity index (χ3n) is 3.69. The van der Waals surface area contributed by atoms with E-state index >= 15 is 0 Å². The Balaban J connectivity index is 1.92. The number of anilines is 2. The van der Waals surface area contributed by atoms with Crippen molar-refractivity contribution in [1.29, 1.82) is 0 Å². The lowest BCUT2D eigenvalue weighted by Crippen LogP contribution is -2.10. The van der Waals surface area contributed by atoms with E-state index in [2.05, 4.69) is 26.5 Å². The van der Waals surface area contributed by atoms with E-state index in [-0.39, 0.29) is 16.5 Å². The van der Waals surface area contributed by atoms with E-state index in [0.29, 0.717) is 6.07 Å². The summed E-state index contributed by atoms with van der Waals surface area (Å²) in [4.78, 5) is 6.99. The number of halogens is 5. The molecule has 0 saturated carbocycles. The van der Waals surface area contributed by atoms with Crippen LogP contribution in [0.3, 0.4) is 0 Å². The van der Waals surface area contributed by atoms with E-state index in [1.807, 2.05) is 0 Å². The summed E-state index contributed by atoms with van der Waals surface area (Å²) in [5, 5.41) is 0.0289. The number of nitrogens with zero attached hydrogens (tertiary/aromatic N) is 2. The van der Waals surface area contributed by atoms with Crippen molar-refractivity contribution >= 4 is 34.3 Å². The molecule has 0 aliphatic heterocycles. The van der Waals surface area contributed by atoms with Gasteiger partial charge in [-0.15, -0.1) is 0 Å². The topological polar surface area (TPSA) is 113 Å². The highest BCUT2D eigenvalue weighted by molar-refractivity contribution is 7.80. The van der Waals surface area contributed by atoms with Gasteiger partial charge in [-0.2, -0.15) is 8.78 Å². The number of hydrogen-bond acceptors (Lipinski definition) is 7. The maximum Gasteiger partial charge on any atom is 0.387 e. The predicted octanol–water partition coefficient (Wildman–Crippen LogP) is 3.68. The second-order valence-electron chi connectivity index (χ2n) is 5.83. The molecule has 1 aromatic heterocycles. The smallest absolute Gasteiger partial charge is 0.387 e. The molecule has 1 heterocycles. The number of nitrogen functional groups attached to an aromatic ring is 2. The van der Waals surface area contributed by atoms with Crippen molar-refractivity contribution < 1.29 is 30.7 Å². The fraction of sp³-hybridized carbons (Fsp3) is 0.0526. The average Bonchev–Trinajstić information content (AvgIpc) is 2.74. The van der Waals surface area contributed by atoms with Gasteiger partial charge in [0.05, 0.1) is 11.1 Å². The molecule has 166 valence electrons. The van der Waals surface area contributed by atoms with Gasteiger partial charge in [0, 0.05) is 23.5 Å². The Morgan fingerprint density at radius 2 is 1.75 bits per heavy atom. The van der Waals surface area contributed by atoms with Crippen LogP contribution >= 0.6 is 11.6 Å². The minimum Gasteiger partial charge on any atom is -0.433 e. The van der Waals surface area contributed by atoms with Gasteiger partial charge in [-0.1, -0.05) is 23.4 Å². The molecule has 0 bridgehead atoms. The molecule has 0 fully saturated rings. The van der Waals surface area contributed by atoms with Gasteiger partial charge < -0.3 is 20.4 Å². The van der Waals surface area contributed by atoms with Crippen molar-refractivity contribution in [2.24, 2.45) is 0 Å². The van der Waals surface area contributed by atoms with Crippen molar-refractivity contribution in [3.63, 3.8) is 0 Å². The number of nitrogens with two attached hydrogens (primary N) is 2. The lowest BCUT2D eigenvalue weighted by atomic mass is 10.1. The minimum atomic E-state index is -3.23. The minimum absolute atomic E-state index is 0.00605. The van der Waals surface area contributed by atoms with Gasteiger partial charge in [-0.3, -0.25) is 0 Å². The number of hydrogen-bond donors (Lipinski definition) is 2. The van der Waals surface area contributed by atoms with Gasteiger partial charge >= 0.3 is 6.61 Å². The van der Waals surface area contributed by atoms with Crippen LogP contribution in [-0.2, 0) is 11.1 Å². The molecule has 7 nitrogen and oxygen atoms in total. The van der Waals surface area contributed by atoms with E-state index in [1.54, 1.807) is 0 Å². The largest absolute Gasteiger partial charge is 0.433 e. The molecule has 1 unspecified atom stereocenters. The van der Waals surface area contributed by atoms with Crippen molar-refractivity contribution in [2.45, 2.75) is 11.5 Å². The lowest BCUT2D eigenvalue weighted by Gasteiger charge is -2.13. The lowest BCUT2D eigenvalue weighted by molar-refractivity contribution is -0.0517. The van der Waals surface area contributed by atoms with Crippen molar-refractivity contribution in [3.8, 4) is 23.3 Å². The summed E-state index contributed by atoms with van der Waals surface area (Å²) in [6.07, 6.45) is 2.50. The van der Waals surface area contributed by atoms with Gasteiger partial charge in [0.15, 0.2) is 11.6 Å². The highest BCUT2D eigenvalue weighted by Crippen LogP contribution is 2.33. The fourth-order valence-corrected chi connectivity index (χ4v) is 3.40. The second kappa shape index (κ2) is 9.71. The Kier molecular flexibility index (Phi) is 7.01. The molecule has 0 spiro atoms. The number of benzene rings is 2. The monoisotopic (exact) mass is 486 g/mol. The van der Waals surface area contributed by atoms with Crippen molar-refractivity contribution in [1.82, 2.24) is 9.97 Å². The molecule has 4 N–H and O–H groups in total. The number of ether oxygens (including phenoxy) is 1. The summed E-state index contributed by atoms with van der Waals surface area (Å²) in [7, 11) is 0. The molecular weight excluding hydrogens is 476 g/mol. The SMILES string of the molecule is Nc1ncc(C#Cc2c(F)cc(OS(=O)c3cc(Cl)ccc3OC(F)F)c(N)c2F)cn1. The van der Waals surface area contributed by atoms with Crippen LogP contribution in [0.2, 0.25) is 5.02 Å². The second-order valence-corrected chi connectivity index (χ2v) is 7.34. The zero-order valence-corrected chi connectivity index (χ0v) is 17.2. The predicted molar refractivity (Wildman–Crippen MR) is 108 cm³/mol. The van der Waals surface area contributed by atoms with Crippen LogP contribution in [0, 0.1) is 23.5 Å². The van der Waals surface area contributed by atoms with E-state index in [0.717, 1.165) is 12.1 Å². The molecule has 0 saturated heterocycles. The zero-order valence-electron chi connectivity index (χ0n) is 15.6. The molecule has 0 radical (unpaired) electrons. The summed E-state index contributed by atoms with van der Waals surface area (Å²) >= 11 is 3.23. The molecule has 3 rings (SSSR count). The third kappa shape index (κ3) is 5.37. The van der Waals surface area contributed by atoms with E-state index in [4.69, 9.17) is 27.3 Å². The number of rotatable bonds is 5. The van der Waals surface area contributed by atoms with E-state index in [1.165, 1.54) is 18.5 Å². The van der Waals surface area contributed by atoms with Crippen molar-refractivity contribution in [3.05, 3.63) is 64.4 Å². The maximum absolute atomic E-state index is 14.6. The average molecular weight is 487 g/mol. The molecule has 3 aromatic rings. The fourth-order valence-electron chi connectivity index (χ4n) is 2.27. The van der Waals surface area contributed by atoms with Crippen LogP contribution in [0.15, 0.2) is 41.6 Å². The first-order valence-electron chi connectivity index (χ1n) is 8.37. The maximum atomic E-state index is 14.6. The number of alkyl halides is 2. The molecular formula is C19H11ClF4N4O3S. The summed E-state index contributed by atoms with van der Waals surface area (Å²) in [6.45, 7) is -3.23. The zero-order chi connectivity index (χ0) is 23.4.